The molecule has 0 saturated heterocycles. The van der Waals surface area contributed by atoms with Gasteiger partial charge in [-0.3, -0.25) is 4.79 Å². The number of hydrogen-bond acceptors (Lipinski definition) is 4. The summed E-state index contributed by atoms with van der Waals surface area (Å²) in [4.78, 5) is 24.1. The Hall–Kier alpha value is -2.14. The number of carbonyl (C=O) groups excluding carboxylic acids is 1. The van der Waals surface area contributed by atoms with Crippen molar-refractivity contribution in [3.8, 4) is 0 Å². The van der Waals surface area contributed by atoms with Crippen LogP contribution in [0.3, 0.4) is 0 Å². The summed E-state index contributed by atoms with van der Waals surface area (Å²) in [5.74, 6) is -0.0565. The molecule has 5 nitrogen and oxygen atoms in total. The molecule has 2 rings (SSSR count). The van der Waals surface area contributed by atoms with Crippen LogP contribution < -0.4 is 10.9 Å². The summed E-state index contributed by atoms with van der Waals surface area (Å²) in [5, 5.41) is 13.6. The van der Waals surface area contributed by atoms with E-state index in [0.717, 1.165) is 6.42 Å². The SMILES string of the molecule is CC(C)CCC(C)(O)CNC(=O)c1cc2ccccc2oc1=O. The van der Waals surface area contributed by atoms with E-state index >= 15 is 0 Å². The maximum atomic E-state index is 12.2. The molecule has 0 fully saturated rings. The second-order valence-corrected chi connectivity index (χ2v) is 6.60. The first kappa shape index (κ1) is 17.2. The summed E-state index contributed by atoms with van der Waals surface area (Å²) in [5.41, 5.74) is -1.29. The van der Waals surface area contributed by atoms with Crippen molar-refractivity contribution in [2.24, 2.45) is 5.92 Å². The predicted octanol–water partition coefficient (Wildman–Crippen LogP) is 2.71. The predicted molar refractivity (Wildman–Crippen MR) is 89.5 cm³/mol. The lowest BCUT2D eigenvalue weighted by Gasteiger charge is -2.24. The Labute approximate surface area is 135 Å². The van der Waals surface area contributed by atoms with Gasteiger partial charge in [0.1, 0.15) is 11.1 Å². The Morgan fingerprint density at radius 3 is 2.74 bits per heavy atom. The van der Waals surface area contributed by atoms with Crippen LogP contribution in [0, 0.1) is 5.92 Å². The van der Waals surface area contributed by atoms with Gasteiger partial charge >= 0.3 is 5.63 Å². The minimum atomic E-state index is -1.00. The Morgan fingerprint density at radius 1 is 1.35 bits per heavy atom. The summed E-state index contributed by atoms with van der Waals surface area (Å²) in [6.07, 6.45) is 1.44. The molecule has 1 aromatic heterocycles. The number of carbonyl (C=O) groups is 1. The summed E-state index contributed by atoms with van der Waals surface area (Å²) >= 11 is 0. The normalized spacial score (nSPS) is 14.0. The van der Waals surface area contributed by atoms with Gasteiger partial charge in [0.25, 0.3) is 5.91 Å². The van der Waals surface area contributed by atoms with E-state index in [-0.39, 0.29) is 12.1 Å². The van der Waals surface area contributed by atoms with Gasteiger partial charge in [0.15, 0.2) is 0 Å². The van der Waals surface area contributed by atoms with Gasteiger partial charge in [0.2, 0.25) is 0 Å². The van der Waals surface area contributed by atoms with Gasteiger partial charge in [0, 0.05) is 11.9 Å². The number of nitrogens with one attached hydrogen (secondary N) is 1. The fourth-order valence-corrected chi connectivity index (χ4v) is 2.27. The number of para-hydroxylation sites is 1. The molecule has 124 valence electrons. The molecule has 0 saturated carbocycles. The van der Waals surface area contributed by atoms with E-state index in [1.54, 1.807) is 31.2 Å². The average molecular weight is 317 g/mol. The molecular weight excluding hydrogens is 294 g/mol. The fraction of sp³-hybridized carbons (Fsp3) is 0.444. The molecule has 0 radical (unpaired) electrons. The van der Waals surface area contributed by atoms with Crippen molar-refractivity contribution in [1.29, 1.82) is 0 Å². The molecule has 0 spiro atoms. The molecule has 0 aliphatic rings. The number of benzene rings is 1. The molecule has 1 aromatic carbocycles. The van der Waals surface area contributed by atoms with Crippen molar-refractivity contribution in [2.45, 2.75) is 39.2 Å². The van der Waals surface area contributed by atoms with E-state index in [1.165, 1.54) is 6.07 Å². The number of aliphatic hydroxyl groups is 1. The Bertz CT molecular complexity index is 746. The molecule has 0 aliphatic heterocycles. The standard InChI is InChI=1S/C18H23NO4/c1-12(2)8-9-18(3,22)11-19-16(20)14-10-13-6-4-5-7-15(13)23-17(14)21/h4-7,10,12,22H,8-9,11H2,1-3H3,(H,19,20). The van der Waals surface area contributed by atoms with E-state index in [4.69, 9.17) is 4.42 Å². The van der Waals surface area contributed by atoms with E-state index in [1.807, 2.05) is 0 Å². The van der Waals surface area contributed by atoms with E-state index in [0.29, 0.717) is 23.3 Å². The van der Waals surface area contributed by atoms with Gasteiger partial charge in [0.05, 0.1) is 5.60 Å². The number of fused-ring (bicyclic) bond motifs is 1. The summed E-state index contributed by atoms with van der Waals surface area (Å²) in [6, 6.07) is 8.53. The van der Waals surface area contributed by atoms with Crippen LogP contribution in [0.2, 0.25) is 0 Å². The van der Waals surface area contributed by atoms with Crippen LogP contribution in [0.15, 0.2) is 39.5 Å². The zero-order chi connectivity index (χ0) is 17.0. The van der Waals surface area contributed by atoms with Crippen molar-refractivity contribution in [2.75, 3.05) is 6.54 Å². The van der Waals surface area contributed by atoms with Gasteiger partial charge in [-0.15, -0.1) is 0 Å². The molecule has 1 unspecified atom stereocenters. The zero-order valence-corrected chi connectivity index (χ0v) is 13.8. The highest BCUT2D eigenvalue weighted by Crippen LogP contribution is 2.16. The van der Waals surface area contributed by atoms with E-state index in [9.17, 15) is 14.7 Å². The molecule has 1 amide bonds. The molecule has 2 aromatic rings. The van der Waals surface area contributed by atoms with Crippen LogP contribution in [0.4, 0.5) is 0 Å². The lowest BCUT2D eigenvalue weighted by molar-refractivity contribution is 0.0428. The third-order valence-corrected chi connectivity index (χ3v) is 3.78. The highest BCUT2D eigenvalue weighted by molar-refractivity contribution is 5.96. The first-order valence-corrected chi connectivity index (χ1v) is 7.82. The second kappa shape index (κ2) is 6.96. The van der Waals surface area contributed by atoms with Gasteiger partial charge in [-0.1, -0.05) is 32.0 Å². The van der Waals surface area contributed by atoms with Crippen LogP contribution in [-0.4, -0.2) is 23.2 Å². The van der Waals surface area contributed by atoms with Crippen molar-refractivity contribution in [1.82, 2.24) is 5.32 Å². The lowest BCUT2D eigenvalue weighted by Crippen LogP contribution is -2.41. The first-order chi connectivity index (χ1) is 10.8. The highest BCUT2D eigenvalue weighted by atomic mass is 16.4. The molecule has 5 heteroatoms. The summed E-state index contributed by atoms with van der Waals surface area (Å²) < 4.78 is 5.15. The average Bonchev–Trinajstić information content (AvgIpc) is 2.50. The van der Waals surface area contributed by atoms with Crippen LogP contribution >= 0.6 is 0 Å². The Kier molecular flexibility index (Phi) is 5.21. The fourth-order valence-electron chi connectivity index (χ4n) is 2.27. The van der Waals surface area contributed by atoms with Gasteiger partial charge in [-0.2, -0.15) is 0 Å². The van der Waals surface area contributed by atoms with Crippen LogP contribution in [0.5, 0.6) is 0 Å². The quantitative estimate of drug-likeness (QED) is 0.803. The molecule has 0 aliphatic carbocycles. The maximum absolute atomic E-state index is 12.2. The Balaban J connectivity index is 2.09. The molecule has 0 bridgehead atoms. The monoisotopic (exact) mass is 317 g/mol. The molecule has 1 atom stereocenters. The van der Waals surface area contributed by atoms with Gasteiger partial charge in [-0.05, 0) is 37.8 Å². The van der Waals surface area contributed by atoms with Crippen molar-refractivity contribution in [3.05, 3.63) is 46.3 Å². The maximum Gasteiger partial charge on any atom is 0.349 e. The van der Waals surface area contributed by atoms with Gasteiger partial charge in [-0.25, -0.2) is 4.79 Å². The lowest BCUT2D eigenvalue weighted by atomic mass is 9.95. The second-order valence-electron chi connectivity index (χ2n) is 6.60. The first-order valence-electron chi connectivity index (χ1n) is 7.82. The topological polar surface area (TPSA) is 79.5 Å². The largest absolute Gasteiger partial charge is 0.422 e. The van der Waals surface area contributed by atoms with Crippen LogP contribution in [-0.2, 0) is 0 Å². The van der Waals surface area contributed by atoms with E-state index < -0.39 is 17.1 Å². The zero-order valence-electron chi connectivity index (χ0n) is 13.8. The van der Waals surface area contributed by atoms with Crippen LogP contribution in [0.1, 0.15) is 44.0 Å². The summed E-state index contributed by atoms with van der Waals surface area (Å²) in [6.45, 7) is 5.92. The molecule has 2 N–H and O–H groups in total. The van der Waals surface area contributed by atoms with E-state index in [2.05, 4.69) is 19.2 Å². The molecule has 1 heterocycles. The van der Waals surface area contributed by atoms with Crippen molar-refractivity contribution in [3.63, 3.8) is 0 Å². The third kappa shape index (κ3) is 4.66. The molecule has 23 heavy (non-hydrogen) atoms. The highest BCUT2D eigenvalue weighted by Gasteiger charge is 2.23. The van der Waals surface area contributed by atoms with Crippen LogP contribution in [0.25, 0.3) is 11.0 Å². The minimum Gasteiger partial charge on any atom is -0.422 e. The minimum absolute atomic E-state index is 0.0524. The van der Waals surface area contributed by atoms with Crippen molar-refractivity contribution >= 4 is 16.9 Å². The Morgan fingerprint density at radius 2 is 2.04 bits per heavy atom. The number of rotatable bonds is 6. The number of hydrogen-bond donors (Lipinski definition) is 2. The smallest absolute Gasteiger partial charge is 0.349 e. The van der Waals surface area contributed by atoms with Gasteiger partial charge < -0.3 is 14.8 Å². The summed E-state index contributed by atoms with van der Waals surface area (Å²) in [7, 11) is 0. The molecular formula is C18H23NO4. The third-order valence-electron chi connectivity index (χ3n) is 3.78. The van der Waals surface area contributed by atoms with Crippen molar-refractivity contribution < 1.29 is 14.3 Å². The number of amides is 1.